The SMILES string of the molecule is COS(=O)(=O)c1ccc2c(c1)CCC2. The minimum Gasteiger partial charge on any atom is -0.270 e. The van der Waals surface area contributed by atoms with Crippen LogP contribution in [0.15, 0.2) is 23.1 Å². The number of fused-ring (bicyclic) bond motifs is 1. The summed E-state index contributed by atoms with van der Waals surface area (Å²) in [5.74, 6) is 0. The zero-order valence-corrected chi connectivity index (χ0v) is 8.80. The second kappa shape index (κ2) is 3.37. The molecular formula is C10H12O3S. The molecule has 0 aromatic heterocycles. The van der Waals surface area contributed by atoms with Crippen molar-refractivity contribution in [2.75, 3.05) is 7.11 Å². The molecule has 0 heterocycles. The fourth-order valence-corrected chi connectivity index (χ4v) is 2.51. The molecule has 0 amide bonds. The van der Waals surface area contributed by atoms with Gasteiger partial charge >= 0.3 is 0 Å². The van der Waals surface area contributed by atoms with Crippen LogP contribution < -0.4 is 0 Å². The molecular weight excluding hydrogens is 200 g/mol. The molecule has 1 aliphatic rings. The molecule has 1 aliphatic carbocycles. The fourth-order valence-electron chi connectivity index (χ4n) is 1.80. The first-order chi connectivity index (χ1) is 6.63. The van der Waals surface area contributed by atoms with Crippen molar-refractivity contribution in [2.24, 2.45) is 0 Å². The van der Waals surface area contributed by atoms with Crippen LogP contribution in [0.1, 0.15) is 17.5 Å². The van der Waals surface area contributed by atoms with Crippen LogP contribution in [0.4, 0.5) is 0 Å². The van der Waals surface area contributed by atoms with Crippen molar-refractivity contribution in [2.45, 2.75) is 24.2 Å². The summed E-state index contributed by atoms with van der Waals surface area (Å²) >= 11 is 0. The summed E-state index contributed by atoms with van der Waals surface area (Å²) in [6, 6.07) is 5.22. The summed E-state index contributed by atoms with van der Waals surface area (Å²) in [5, 5.41) is 0. The minimum atomic E-state index is -3.52. The van der Waals surface area contributed by atoms with Crippen molar-refractivity contribution in [3.8, 4) is 0 Å². The topological polar surface area (TPSA) is 43.4 Å². The van der Waals surface area contributed by atoms with Gasteiger partial charge in [-0.2, -0.15) is 8.42 Å². The van der Waals surface area contributed by atoms with Gasteiger partial charge in [-0.3, -0.25) is 4.18 Å². The number of benzene rings is 1. The molecule has 0 saturated heterocycles. The lowest BCUT2D eigenvalue weighted by Gasteiger charge is -2.03. The lowest BCUT2D eigenvalue weighted by Crippen LogP contribution is -2.03. The molecule has 0 unspecified atom stereocenters. The summed E-state index contributed by atoms with van der Waals surface area (Å²) < 4.78 is 27.2. The standard InChI is InChI=1S/C10H12O3S/c1-13-14(11,12)10-6-5-8-3-2-4-9(8)7-10/h5-7H,2-4H2,1H3. The summed E-state index contributed by atoms with van der Waals surface area (Å²) in [7, 11) is -2.34. The van der Waals surface area contributed by atoms with Crippen LogP contribution in [0.2, 0.25) is 0 Å². The van der Waals surface area contributed by atoms with E-state index >= 15 is 0 Å². The number of hydrogen-bond donors (Lipinski definition) is 0. The first-order valence-corrected chi connectivity index (χ1v) is 5.97. The highest BCUT2D eigenvalue weighted by atomic mass is 32.2. The van der Waals surface area contributed by atoms with Crippen LogP contribution in [0, 0.1) is 0 Å². The van der Waals surface area contributed by atoms with Gasteiger partial charge < -0.3 is 0 Å². The Hall–Kier alpha value is -0.870. The molecule has 0 aliphatic heterocycles. The van der Waals surface area contributed by atoms with Gasteiger partial charge in [0.25, 0.3) is 10.1 Å². The van der Waals surface area contributed by atoms with Gasteiger partial charge in [-0.05, 0) is 42.5 Å². The van der Waals surface area contributed by atoms with E-state index in [0.29, 0.717) is 0 Å². The average Bonchev–Trinajstić information content (AvgIpc) is 2.64. The third-order valence-electron chi connectivity index (χ3n) is 2.58. The Morgan fingerprint density at radius 3 is 2.64 bits per heavy atom. The fraction of sp³-hybridized carbons (Fsp3) is 0.400. The molecule has 0 spiro atoms. The molecule has 0 N–H and O–H groups in total. The van der Waals surface area contributed by atoms with Crippen LogP contribution in [0.5, 0.6) is 0 Å². The molecule has 0 radical (unpaired) electrons. The van der Waals surface area contributed by atoms with Gasteiger partial charge in [0, 0.05) is 0 Å². The summed E-state index contributed by atoms with van der Waals surface area (Å²) in [5.41, 5.74) is 2.41. The van der Waals surface area contributed by atoms with Crippen LogP contribution in [0.25, 0.3) is 0 Å². The first-order valence-electron chi connectivity index (χ1n) is 4.56. The Morgan fingerprint density at radius 1 is 1.21 bits per heavy atom. The van der Waals surface area contributed by atoms with E-state index in [1.165, 1.54) is 12.7 Å². The van der Waals surface area contributed by atoms with Gasteiger partial charge in [0.05, 0.1) is 12.0 Å². The zero-order valence-electron chi connectivity index (χ0n) is 7.99. The molecule has 14 heavy (non-hydrogen) atoms. The molecule has 0 bridgehead atoms. The lowest BCUT2D eigenvalue weighted by molar-refractivity contribution is 0.397. The third-order valence-corrected chi connectivity index (χ3v) is 3.85. The molecule has 2 rings (SSSR count). The minimum absolute atomic E-state index is 0.264. The second-order valence-electron chi connectivity index (χ2n) is 3.40. The van der Waals surface area contributed by atoms with Crippen LogP contribution in [0.3, 0.4) is 0 Å². The van der Waals surface area contributed by atoms with Crippen LogP contribution in [-0.2, 0) is 27.1 Å². The van der Waals surface area contributed by atoms with E-state index < -0.39 is 10.1 Å². The van der Waals surface area contributed by atoms with E-state index in [4.69, 9.17) is 0 Å². The number of aryl methyl sites for hydroxylation is 2. The van der Waals surface area contributed by atoms with Crippen molar-refractivity contribution in [1.29, 1.82) is 0 Å². The quantitative estimate of drug-likeness (QED) is 0.698. The molecule has 0 saturated carbocycles. The molecule has 0 atom stereocenters. The predicted molar refractivity (Wildman–Crippen MR) is 52.7 cm³/mol. The maximum absolute atomic E-state index is 11.4. The van der Waals surface area contributed by atoms with Crippen molar-refractivity contribution in [3.05, 3.63) is 29.3 Å². The molecule has 0 fully saturated rings. The predicted octanol–water partition coefficient (Wildman–Crippen LogP) is 1.51. The normalized spacial score (nSPS) is 15.5. The van der Waals surface area contributed by atoms with E-state index in [9.17, 15) is 8.42 Å². The lowest BCUT2D eigenvalue weighted by atomic mass is 10.1. The Bertz CT molecular complexity index is 448. The maximum atomic E-state index is 11.4. The van der Waals surface area contributed by atoms with E-state index in [1.807, 2.05) is 6.07 Å². The molecule has 1 aromatic rings. The van der Waals surface area contributed by atoms with Gasteiger partial charge in [0.1, 0.15) is 0 Å². The third kappa shape index (κ3) is 1.55. The van der Waals surface area contributed by atoms with Crippen LogP contribution >= 0.6 is 0 Å². The van der Waals surface area contributed by atoms with Crippen LogP contribution in [-0.4, -0.2) is 15.5 Å². The Kier molecular flexibility index (Phi) is 2.33. The molecule has 3 nitrogen and oxygen atoms in total. The zero-order chi connectivity index (χ0) is 10.2. The molecule has 76 valence electrons. The van der Waals surface area contributed by atoms with Crippen molar-refractivity contribution in [3.63, 3.8) is 0 Å². The Labute approximate surface area is 83.8 Å². The molecule has 1 aromatic carbocycles. The highest BCUT2D eigenvalue weighted by Gasteiger charge is 2.17. The van der Waals surface area contributed by atoms with Crippen molar-refractivity contribution >= 4 is 10.1 Å². The smallest absolute Gasteiger partial charge is 0.270 e. The Balaban J connectivity index is 2.48. The maximum Gasteiger partial charge on any atom is 0.296 e. The van der Waals surface area contributed by atoms with E-state index in [0.717, 1.165) is 24.8 Å². The average molecular weight is 212 g/mol. The molecule has 4 heteroatoms. The number of rotatable bonds is 2. The highest BCUT2D eigenvalue weighted by Crippen LogP contribution is 2.25. The van der Waals surface area contributed by atoms with Crippen molar-refractivity contribution in [1.82, 2.24) is 0 Å². The van der Waals surface area contributed by atoms with Gasteiger partial charge in [0.2, 0.25) is 0 Å². The highest BCUT2D eigenvalue weighted by molar-refractivity contribution is 7.86. The van der Waals surface area contributed by atoms with Crippen molar-refractivity contribution < 1.29 is 12.6 Å². The van der Waals surface area contributed by atoms with Gasteiger partial charge in [0.15, 0.2) is 0 Å². The van der Waals surface area contributed by atoms with Gasteiger partial charge in [-0.15, -0.1) is 0 Å². The van der Waals surface area contributed by atoms with E-state index in [-0.39, 0.29) is 4.90 Å². The van der Waals surface area contributed by atoms with Gasteiger partial charge in [-0.1, -0.05) is 6.07 Å². The summed E-state index contributed by atoms with van der Waals surface area (Å²) in [6.07, 6.45) is 3.15. The Morgan fingerprint density at radius 2 is 1.93 bits per heavy atom. The first kappa shape index (κ1) is 9.68. The van der Waals surface area contributed by atoms with Gasteiger partial charge in [-0.25, -0.2) is 0 Å². The summed E-state index contributed by atoms with van der Waals surface area (Å²) in [6.45, 7) is 0. The van der Waals surface area contributed by atoms with E-state index in [2.05, 4.69) is 4.18 Å². The second-order valence-corrected chi connectivity index (χ2v) is 5.12. The largest absolute Gasteiger partial charge is 0.296 e. The summed E-state index contributed by atoms with van der Waals surface area (Å²) in [4.78, 5) is 0.264. The number of hydrogen-bond acceptors (Lipinski definition) is 3. The monoisotopic (exact) mass is 212 g/mol. The van der Waals surface area contributed by atoms with E-state index in [1.54, 1.807) is 12.1 Å².